The summed E-state index contributed by atoms with van der Waals surface area (Å²) in [6.07, 6.45) is -0.989. The highest BCUT2D eigenvalue weighted by atomic mass is 79.9. The summed E-state index contributed by atoms with van der Waals surface area (Å²) in [6.45, 7) is 3.51. The van der Waals surface area contributed by atoms with E-state index in [2.05, 4.69) is 30.9 Å². The number of imidazole rings is 1. The van der Waals surface area contributed by atoms with Crippen molar-refractivity contribution in [1.82, 2.24) is 19.5 Å². The van der Waals surface area contributed by atoms with E-state index < -0.39 is 42.4 Å². The monoisotopic (exact) mass is 457 g/mol. The molecule has 11 nitrogen and oxygen atoms in total. The van der Waals surface area contributed by atoms with Crippen molar-refractivity contribution in [3.63, 3.8) is 0 Å². The second kappa shape index (κ2) is 8.19. The molecule has 0 N–H and O–H groups in total. The second-order valence-electron chi connectivity index (χ2n) is 6.00. The highest BCUT2D eigenvalue weighted by molar-refractivity contribution is 9.10. The molecule has 0 aromatic carbocycles. The van der Waals surface area contributed by atoms with Gasteiger partial charge in [-0.2, -0.15) is 0 Å². The van der Waals surface area contributed by atoms with Crippen molar-refractivity contribution in [2.24, 2.45) is 0 Å². The van der Waals surface area contributed by atoms with Gasteiger partial charge < -0.3 is 18.9 Å². The molecule has 1 saturated heterocycles. The quantitative estimate of drug-likeness (QED) is 0.362. The van der Waals surface area contributed by atoms with E-state index in [1.54, 1.807) is 4.57 Å². The normalized spacial score (nSPS) is 24.1. The Hall–Kier alpha value is -2.60. The van der Waals surface area contributed by atoms with E-state index in [-0.39, 0.29) is 6.61 Å². The van der Waals surface area contributed by atoms with E-state index in [9.17, 15) is 14.4 Å². The molecule has 0 radical (unpaired) electrons. The fourth-order valence-electron chi connectivity index (χ4n) is 2.93. The van der Waals surface area contributed by atoms with Crippen LogP contribution in [0.1, 0.15) is 27.0 Å². The number of nitrogens with zero attached hydrogens (tertiary/aromatic N) is 4. The predicted molar refractivity (Wildman–Crippen MR) is 94.7 cm³/mol. The van der Waals surface area contributed by atoms with E-state index in [4.69, 9.17) is 18.9 Å². The summed E-state index contributed by atoms with van der Waals surface area (Å²) in [4.78, 5) is 46.9. The molecule has 1 fully saturated rings. The van der Waals surface area contributed by atoms with Gasteiger partial charge in [0.05, 0.1) is 6.33 Å². The van der Waals surface area contributed by atoms with Gasteiger partial charge in [-0.05, 0) is 15.9 Å². The molecule has 0 aliphatic carbocycles. The minimum absolute atomic E-state index is 0.188. The Morgan fingerprint density at radius 2 is 1.75 bits per heavy atom. The molecule has 12 heteroatoms. The summed E-state index contributed by atoms with van der Waals surface area (Å²) in [5.74, 6) is -1.72. The first kappa shape index (κ1) is 20.1. The van der Waals surface area contributed by atoms with Crippen LogP contribution in [0.25, 0.3) is 11.2 Å². The van der Waals surface area contributed by atoms with Gasteiger partial charge in [0.15, 0.2) is 24.1 Å². The van der Waals surface area contributed by atoms with Gasteiger partial charge in [0, 0.05) is 20.8 Å². The molecule has 28 heavy (non-hydrogen) atoms. The van der Waals surface area contributed by atoms with Crippen LogP contribution < -0.4 is 0 Å². The van der Waals surface area contributed by atoms with Gasteiger partial charge in [0.1, 0.15) is 29.2 Å². The van der Waals surface area contributed by atoms with Gasteiger partial charge in [-0.25, -0.2) is 15.0 Å². The summed E-state index contributed by atoms with van der Waals surface area (Å²) in [5.41, 5.74) is 0.888. The SMILES string of the molecule is CC(=O)OC[C@H]1O[C@@H](n2cnc3c(Br)[15n]cnc32)[C@H](OC(C)=O)[C@@H]1OC(C)=O. The zero-order valence-electron chi connectivity index (χ0n) is 15.2. The molecule has 2 aromatic rings. The van der Waals surface area contributed by atoms with Crippen molar-refractivity contribution in [3.8, 4) is 0 Å². The largest absolute Gasteiger partial charge is 0.463 e. The fraction of sp³-hybridized carbons (Fsp3) is 0.500. The molecule has 150 valence electrons. The lowest BCUT2D eigenvalue weighted by molar-refractivity contribution is -0.166. The Labute approximate surface area is 167 Å². The minimum Gasteiger partial charge on any atom is -0.463 e. The zero-order chi connectivity index (χ0) is 20.4. The number of aromatic nitrogens is 4. The van der Waals surface area contributed by atoms with E-state index in [0.717, 1.165) is 0 Å². The number of ether oxygens (including phenoxy) is 4. The van der Waals surface area contributed by atoms with Crippen molar-refractivity contribution in [3.05, 3.63) is 17.3 Å². The minimum atomic E-state index is -1.01. The lowest BCUT2D eigenvalue weighted by Crippen LogP contribution is -2.40. The van der Waals surface area contributed by atoms with Gasteiger partial charge >= 0.3 is 17.9 Å². The molecule has 1 aliphatic rings. The van der Waals surface area contributed by atoms with E-state index in [0.29, 0.717) is 15.8 Å². The number of hydrogen-bond acceptors (Lipinski definition) is 10. The van der Waals surface area contributed by atoms with Gasteiger partial charge in [0.2, 0.25) is 0 Å². The van der Waals surface area contributed by atoms with Crippen LogP contribution in [0, 0.1) is 0 Å². The Kier molecular flexibility index (Phi) is 5.89. The summed E-state index contributed by atoms with van der Waals surface area (Å²) in [7, 11) is 0. The van der Waals surface area contributed by atoms with Gasteiger partial charge in [-0.1, -0.05) is 0 Å². The first-order valence-corrected chi connectivity index (χ1v) is 9.03. The van der Waals surface area contributed by atoms with Gasteiger partial charge in [-0.3, -0.25) is 19.0 Å². The van der Waals surface area contributed by atoms with Crippen LogP contribution >= 0.6 is 15.9 Å². The fourth-order valence-corrected chi connectivity index (χ4v) is 3.30. The molecule has 0 unspecified atom stereocenters. The van der Waals surface area contributed by atoms with Crippen molar-refractivity contribution in [2.45, 2.75) is 45.3 Å². The van der Waals surface area contributed by atoms with Gasteiger partial charge in [0.25, 0.3) is 0 Å². The van der Waals surface area contributed by atoms with Gasteiger partial charge in [-0.15, -0.1) is 0 Å². The molecule has 4 atom stereocenters. The second-order valence-corrected chi connectivity index (χ2v) is 6.76. The highest BCUT2D eigenvalue weighted by Gasteiger charge is 2.51. The van der Waals surface area contributed by atoms with Crippen molar-refractivity contribution >= 4 is 45.0 Å². The van der Waals surface area contributed by atoms with Crippen LogP contribution in [0.3, 0.4) is 0 Å². The number of halogens is 1. The van der Waals surface area contributed by atoms with Crippen molar-refractivity contribution in [2.75, 3.05) is 6.61 Å². The van der Waals surface area contributed by atoms with Crippen molar-refractivity contribution < 1.29 is 33.3 Å². The summed E-state index contributed by atoms with van der Waals surface area (Å²) in [6, 6.07) is 0. The average molecular weight is 458 g/mol. The Morgan fingerprint density at radius 3 is 2.39 bits per heavy atom. The Bertz CT molecular complexity index is 918. The molecular formula is C16H17BrN4O7. The van der Waals surface area contributed by atoms with Crippen LogP contribution in [0.4, 0.5) is 0 Å². The molecule has 0 saturated carbocycles. The molecule has 1 aliphatic heterocycles. The summed E-state index contributed by atoms with van der Waals surface area (Å²) >= 11 is 3.29. The third-order valence-electron chi connectivity index (χ3n) is 3.93. The summed E-state index contributed by atoms with van der Waals surface area (Å²) < 4.78 is 23.7. The topological polar surface area (TPSA) is 132 Å². The molecule has 0 amide bonds. The Morgan fingerprint density at radius 1 is 1.07 bits per heavy atom. The third kappa shape index (κ3) is 4.12. The van der Waals surface area contributed by atoms with Crippen LogP contribution in [0.2, 0.25) is 0 Å². The zero-order valence-corrected chi connectivity index (χ0v) is 16.8. The highest BCUT2D eigenvalue weighted by Crippen LogP contribution is 2.36. The van der Waals surface area contributed by atoms with Crippen molar-refractivity contribution in [1.29, 1.82) is 0 Å². The predicted octanol–water partition coefficient (Wildman–Crippen LogP) is 0.913. The van der Waals surface area contributed by atoms with Crippen LogP contribution in [0.5, 0.6) is 0 Å². The van der Waals surface area contributed by atoms with E-state index >= 15 is 0 Å². The average Bonchev–Trinajstić information content (AvgIpc) is 3.16. The molecule has 0 spiro atoms. The number of carbonyl (C=O) groups excluding carboxylic acids is 3. The number of rotatable bonds is 5. The van der Waals surface area contributed by atoms with E-state index in [1.165, 1.54) is 33.4 Å². The van der Waals surface area contributed by atoms with E-state index in [1.807, 2.05) is 0 Å². The maximum Gasteiger partial charge on any atom is 0.303 e. The lowest BCUT2D eigenvalue weighted by atomic mass is 10.1. The standard InChI is InChI=1S/C16H17BrN4O7/c1-7(22)25-4-10-12(26-8(2)23)13(27-9(3)24)16(28-10)21-6-20-11-14(17)18-5-19-15(11)21/h5-6,10,12-13,16H,4H2,1-3H3/t10-,12-,13-,16-/m1/s1/i18+1. The number of hydrogen-bond donors (Lipinski definition) is 0. The maximum absolute atomic E-state index is 11.7. The molecule has 0 bridgehead atoms. The molecular weight excluding hydrogens is 441 g/mol. The smallest absolute Gasteiger partial charge is 0.303 e. The first-order chi connectivity index (χ1) is 13.3. The Balaban J connectivity index is 2.01. The van der Waals surface area contributed by atoms with Crippen LogP contribution in [-0.4, -0.2) is 62.3 Å². The molecule has 2 aromatic heterocycles. The number of carbonyl (C=O) groups is 3. The van der Waals surface area contributed by atoms with Crippen LogP contribution in [-0.2, 0) is 33.3 Å². The molecule has 3 heterocycles. The number of esters is 3. The first-order valence-electron chi connectivity index (χ1n) is 8.24. The lowest BCUT2D eigenvalue weighted by Gasteiger charge is -2.23. The van der Waals surface area contributed by atoms with Crippen LogP contribution in [0.15, 0.2) is 17.3 Å². The maximum atomic E-state index is 11.7. The summed E-state index contributed by atoms with van der Waals surface area (Å²) in [5, 5.41) is 0. The molecule has 3 rings (SSSR count). The number of fused-ring (bicyclic) bond motifs is 1. The third-order valence-corrected chi connectivity index (χ3v) is 4.51.